The number of halogens is 3. The summed E-state index contributed by atoms with van der Waals surface area (Å²) in [6, 6.07) is 4.09. The molecule has 100 valence electrons. The van der Waals surface area contributed by atoms with Crippen LogP contribution in [0.3, 0.4) is 0 Å². The Morgan fingerprint density at radius 3 is 2.61 bits per heavy atom. The minimum Gasteiger partial charge on any atom is -0.479 e. The van der Waals surface area contributed by atoms with E-state index in [1.807, 2.05) is 0 Å². The van der Waals surface area contributed by atoms with Crippen LogP contribution in [0.1, 0.15) is 25.8 Å². The molecule has 0 aliphatic heterocycles. The van der Waals surface area contributed by atoms with Gasteiger partial charge >= 0.3 is 5.97 Å². The van der Waals surface area contributed by atoms with Crippen LogP contribution in [0.4, 0.5) is 8.78 Å². The highest BCUT2D eigenvalue weighted by atomic mass is 79.9. The van der Waals surface area contributed by atoms with Crippen molar-refractivity contribution in [2.75, 3.05) is 0 Å². The molecule has 0 aliphatic rings. The molecule has 1 aromatic rings. The van der Waals surface area contributed by atoms with E-state index in [1.165, 1.54) is 18.2 Å². The van der Waals surface area contributed by atoms with E-state index >= 15 is 0 Å². The van der Waals surface area contributed by atoms with Crippen LogP contribution in [-0.4, -0.2) is 17.2 Å². The van der Waals surface area contributed by atoms with Gasteiger partial charge in [0.05, 0.1) is 5.56 Å². The second-order valence-corrected chi connectivity index (χ2v) is 4.80. The molecule has 0 saturated heterocycles. The number of carboxylic acid groups (broad SMARTS) is 1. The summed E-state index contributed by atoms with van der Waals surface area (Å²) in [7, 11) is 0. The standard InChI is InChI=1S/C12H13BrF2O3/c1-3-9(11(16)17)18-10-5-4-7(13)6-8(10)12(2,14)15/h4-6,9H,3H2,1-2H3,(H,16,17). The van der Waals surface area contributed by atoms with Crippen LogP contribution in [0, 0.1) is 0 Å². The first-order valence-corrected chi connectivity index (χ1v) is 6.12. The molecule has 1 atom stereocenters. The number of ether oxygens (including phenoxy) is 1. The van der Waals surface area contributed by atoms with E-state index in [2.05, 4.69) is 15.9 Å². The van der Waals surface area contributed by atoms with Crippen molar-refractivity contribution in [1.82, 2.24) is 0 Å². The van der Waals surface area contributed by atoms with Crippen molar-refractivity contribution < 1.29 is 23.4 Å². The Morgan fingerprint density at radius 2 is 2.17 bits per heavy atom. The van der Waals surface area contributed by atoms with Crippen LogP contribution in [0.15, 0.2) is 22.7 Å². The zero-order valence-corrected chi connectivity index (χ0v) is 11.5. The van der Waals surface area contributed by atoms with Gasteiger partial charge in [-0.15, -0.1) is 0 Å². The number of carboxylic acids is 1. The Balaban J connectivity index is 3.12. The number of hydrogen-bond donors (Lipinski definition) is 1. The summed E-state index contributed by atoms with van der Waals surface area (Å²) in [5.74, 6) is -4.39. The fourth-order valence-corrected chi connectivity index (χ4v) is 1.77. The van der Waals surface area contributed by atoms with Crippen LogP contribution in [0.2, 0.25) is 0 Å². The molecule has 3 nitrogen and oxygen atoms in total. The van der Waals surface area contributed by atoms with Crippen LogP contribution in [0.5, 0.6) is 5.75 Å². The highest BCUT2D eigenvalue weighted by Gasteiger charge is 2.30. The lowest BCUT2D eigenvalue weighted by Gasteiger charge is -2.19. The maximum atomic E-state index is 13.4. The number of benzene rings is 1. The molecule has 0 radical (unpaired) electrons. The lowest BCUT2D eigenvalue weighted by molar-refractivity contribution is -0.145. The monoisotopic (exact) mass is 322 g/mol. The number of carbonyl (C=O) groups is 1. The number of rotatable bonds is 5. The summed E-state index contributed by atoms with van der Waals surface area (Å²) in [4.78, 5) is 10.8. The number of hydrogen-bond acceptors (Lipinski definition) is 2. The average Bonchev–Trinajstić information content (AvgIpc) is 2.25. The van der Waals surface area contributed by atoms with Crippen LogP contribution in [-0.2, 0) is 10.7 Å². The molecule has 1 rings (SSSR count). The molecule has 18 heavy (non-hydrogen) atoms. The average molecular weight is 323 g/mol. The first-order chi connectivity index (χ1) is 8.25. The molecule has 1 unspecified atom stereocenters. The minimum atomic E-state index is -3.10. The van der Waals surface area contributed by atoms with Crippen LogP contribution < -0.4 is 4.74 Å². The summed E-state index contributed by atoms with van der Waals surface area (Å²) in [6.07, 6.45) is -0.938. The van der Waals surface area contributed by atoms with E-state index in [1.54, 1.807) is 6.92 Å². The van der Waals surface area contributed by atoms with E-state index in [0.717, 1.165) is 6.92 Å². The molecule has 0 fully saturated rings. The molecule has 1 N–H and O–H groups in total. The molecule has 0 spiro atoms. The maximum absolute atomic E-state index is 13.4. The van der Waals surface area contributed by atoms with E-state index in [9.17, 15) is 13.6 Å². The van der Waals surface area contributed by atoms with Gasteiger partial charge < -0.3 is 9.84 Å². The van der Waals surface area contributed by atoms with Gasteiger partial charge in [-0.05, 0) is 24.6 Å². The normalized spacial score (nSPS) is 13.2. The highest BCUT2D eigenvalue weighted by molar-refractivity contribution is 9.10. The van der Waals surface area contributed by atoms with Gasteiger partial charge in [0, 0.05) is 11.4 Å². The summed E-state index contributed by atoms with van der Waals surface area (Å²) in [5, 5.41) is 8.86. The van der Waals surface area contributed by atoms with Crippen LogP contribution >= 0.6 is 15.9 Å². The topological polar surface area (TPSA) is 46.5 Å². The van der Waals surface area contributed by atoms with Crippen molar-refractivity contribution >= 4 is 21.9 Å². The second kappa shape index (κ2) is 5.65. The number of aliphatic carboxylic acids is 1. The van der Waals surface area contributed by atoms with Gasteiger partial charge in [0.2, 0.25) is 0 Å². The van der Waals surface area contributed by atoms with Crippen molar-refractivity contribution in [3.05, 3.63) is 28.2 Å². The third kappa shape index (κ3) is 3.66. The van der Waals surface area contributed by atoms with E-state index in [-0.39, 0.29) is 17.7 Å². The van der Waals surface area contributed by atoms with Gasteiger partial charge in [-0.3, -0.25) is 0 Å². The van der Waals surface area contributed by atoms with Gasteiger partial charge in [0.25, 0.3) is 5.92 Å². The zero-order valence-electron chi connectivity index (χ0n) is 9.91. The molecule has 0 aromatic heterocycles. The Kier molecular flexibility index (Phi) is 4.67. The van der Waals surface area contributed by atoms with Gasteiger partial charge in [0.1, 0.15) is 5.75 Å². The molecule has 6 heteroatoms. The first kappa shape index (κ1) is 14.9. The molecule has 0 bridgehead atoms. The zero-order chi connectivity index (χ0) is 13.9. The summed E-state index contributed by atoms with van der Waals surface area (Å²) < 4.78 is 32.4. The minimum absolute atomic E-state index is 0.111. The molecular weight excluding hydrogens is 310 g/mol. The molecule has 0 aliphatic carbocycles. The smallest absolute Gasteiger partial charge is 0.344 e. The molecule has 0 saturated carbocycles. The maximum Gasteiger partial charge on any atom is 0.344 e. The SMILES string of the molecule is CCC(Oc1ccc(Br)cc1C(C)(F)F)C(=O)O. The molecule has 0 amide bonds. The van der Waals surface area contributed by atoms with Crippen LogP contribution in [0.25, 0.3) is 0 Å². The van der Waals surface area contributed by atoms with Gasteiger partial charge in [-0.25, -0.2) is 13.6 Å². The molecule has 0 heterocycles. The fourth-order valence-electron chi connectivity index (χ4n) is 1.41. The number of alkyl halides is 2. The largest absolute Gasteiger partial charge is 0.479 e. The van der Waals surface area contributed by atoms with E-state index in [0.29, 0.717) is 4.47 Å². The molecular formula is C12H13BrF2O3. The predicted molar refractivity (Wildman–Crippen MR) is 66.1 cm³/mol. The first-order valence-electron chi connectivity index (χ1n) is 5.33. The van der Waals surface area contributed by atoms with Crippen molar-refractivity contribution in [3.8, 4) is 5.75 Å². The van der Waals surface area contributed by atoms with Crippen molar-refractivity contribution in [1.29, 1.82) is 0 Å². The summed E-state index contributed by atoms with van der Waals surface area (Å²) in [5.41, 5.74) is -0.337. The summed E-state index contributed by atoms with van der Waals surface area (Å²) in [6.45, 7) is 2.35. The summed E-state index contributed by atoms with van der Waals surface area (Å²) >= 11 is 3.10. The van der Waals surface area contributed by atoms with Crippen molar-refractivity contribution in [3.63, 3.8) is 0 Å². The third-order valence-electron chi connectivity index (χ3n) is 2.33. The van der Waals surface area contributed by atoms with Gasteiger partial charge in [-0.1, -0.05) is 22.9 Å². The second-order valence-electron chi connectivity index (χ2n) is 3.88. The Labute approximate surface area is 112 Å². The fraction of sp³-hybridized carbons (Fsp3) is 0.417. The van der Waals surface area contributed by atoms with Crippen molar-refractivity contribution in [2.45, 2.75) is 32.3 Å². The quantitative estimate of drug-likeness (QED) is 0.896. The van der Waals surface area contributed by atoms with E-state index in [4.69, 9.17) is 9.84 Å². The van der Waals surface area contributed by atoms with Crippen molar-refractivity contribution in [2.24, 2.45) is 0 Å². The van der Waals surface area contributed by atoms with E-state index < -0.39 is 18.0 Å². The predicted octanol–water partition coefficient (Wildman–Crippen LogP) is 3.80. The lowest BCUT2D eigenvalue weighted by atomic mass is 10.1. The third-order valence-corrected chi connectivity index (χ3v) is 2.82. The Bertz CT molecular complexity index is 443. The Hall–Kier alpha value is -1.17. The lowest BCUT2D eigenvalue weighted by Crippen LogP contribution is -2.27. The van der Waals surface area contributed by atoms with Gasteiger partial charge in [-0.2, -0.15) is 0 Å². The highest BCUT2D eigenvalue weighted by Crippen LogP contribution is 2.36. The molecule has 1 aromatic carbocycles. The Morgan fingerprint density at radius 1 is 1.56 bits per heavy atom. The van der Waals surface area contributed by atoms with Gasteiger partial charge in [0.15, 0.2) is 6.10 Å².